The van der Waals surface area contributed by atoms with Crippen molar-refractivity contribution in [2.45, 2.75) is 89.1 Å². The number of amides is 3. The molecule has 4 aliphatic rings. The number of nitrogens with one attached hydrogen (secondary N) is 2. The highest BCUT2D eigenvalue weighted by molar-refractivity contribution is 6.00. The highest BCUT2D eigenvalue weighted by atomic mass is 16.5. The van der Waals surface area contributed by atoms with Crippen LogP contribution in [0.25, 0.3) is 0 Å². The third-order valence-electron chi connectivity index (χ3n) is 7.59. The largest absolute Gasteiger partial charge is 0.356 e. The minimum atomic E-state index is -1.15. The van der Waals surface area contributed by atoms with Crippen LogP contribution in [0.1, 0.15) is 60.3 Å². The summed E-state index contributed by atoms with van der Waals surface area (Å²) in [6, 6.07) is -0.735. The van der Waals surface area contributed by atoms with Gasteiger partial charge in [0.15, 0.2) is 0 Å². The lowest BCUT2D eigenvalue weighted by Gasteiger charge is -2.34. The molecule has 0 aromatic carbocycles. The zero-order valence-corrected chi connectivity index (χ0v) is 19.9. The van der Waals surface area contributed by atoms with Crippen molar-refractivity contribution in [1.29, 1.82) is 0 Å². The minimum Gasteiger partial charge on any atom is -0.356 e. The van der Waals surface area contributed by atoms with Crippen LogP contribution in [0.3, 0.4) is 0 Å². The second-order valence-electron chi connectivity index (χ2n) is 11.2. The molecule has 2 saturated heterocycles. The van der Waals surface area contributed by atoms with Gasteiger partial charge in [-0.2, -0.15) is 0 Å². The minimum absolute atomic E-state index is 0.111. The third-order valence-corrected chi connectivity index (χ3v) is 7.59. The SMILES string of the molecule is C=CCN1C(=O)[C@H]2[C@@H](C(=O)N[C@H]3CCCC[C@H]3C)[C@]3(C)C=C[C@]2(O3)[C@H]1C(=O)NC(C)(C)C. The molecule has 2 bridgehead atoms. The van der Waals surface area contributed by atoms with Gasteiger partial charge in [0.1, 0.15) is 11.6 Å². The predicted octanol–water partition coefficient (Wildman–Crippen LogP) is 2.32. The second-order valence-corrected chi connectivity index (χ2v) is 11.2. The summed E-state index contributed by atoms with van der Waals surface area (Å²) in [5, 5.41) is 6.24. The molecule has 1 saturated carbocycles. The number of fused-ring (bicyclic) bond motifs is 1. The number of hydrogen-bond acceptors (Lipinski definition) is 4. The van der Waals surface area contributed by atoms with Gasteiger partial charge in [-0.15, -0.1) is 6.58 Å². The molecule has 2 N–H and O–H groups in total. The lowest BCUT2D eigenvalue weighted by atomic mass is 9.70. The highest BCUT2D eigenvalue weighted by Crippen LogP contribution is 2.59. The zero-order chi connectivity index (χ0) is 23.5. The van der Waals surface area contributed by atoms with Crippen LogP contribution in [-0.4, -0.2) is 58.0 Å². The first-order valence-electron chi connectivity index (χ1n) is 11.9. The number of rotatable bonds is 5. The van der Waals surface area contributed by atoms with E-state index in [0.29, 0.717) is 5.92 Å². The lowest BCUT2D eigenvalue weighted by Crippen LogP contribution is -2.58. The second kappa shape index (κ2) is 7.72. The predicted molar refractivity (Wildman–Crippen MR) is 121 cm³/mol. The van der Waals surface area contributed by atoms with Crippen LogP contribution in [0, 0.1) is 17.8 Å². The zero-order valence-electron chi connectivity index (χ0n) is 19.9. The molecule has 3 aliphatic heterocycles. The van der Waals surface area contributed by atoms with Crippen LogP contribution >= 0.6 is 0 Å². The maximum Gasteiger partial charge on any atom is 0.246 e. The molecule has 7 heteroatoms. The molecule has 3 heterocycles. The Morgan fingerprint density at radius 1 is 1.25 bits per heavy atom. The molecule has 0 aromatic heterocycles. The molecule has 3 fully saturated rings. The summed E-state index contributed by atoms with van der Waals surface area (Å²) in [5.74, 6) is -1.63. The van der Waals surface area contributed by atoms with Crippen molar-refractivity contribution in [1.82, 2.24) is 15.5 Å². The van der Waals surface area contributed by atoms with Gasteiger partial charge in [-0.3, -0.25) is 14.4 Å². The molecule has 32 heavy (non-hydrogen) atoms. The van der Waals surface area contributed by atoms with Crippen LogP contribution in [0.4, 0.5) is 0 Å². The Labute approximate surface area is 191 Å². The van der Waals surface area contributed by atoms with Gasteiger partial charge in [0.2, 0.25) is 17.7 Å². The Balaban J connectivity index is 1.68. The molecular formula is C25H37N3O4. The van der Waals surface area contributed by atoms with Crippen LogP contribution in [0.15, 0.2) is 24.8 Å². The van der Waals surface area contributed by atoms with Crippen molar-refractivity contribution >= 4 is 17.7 Å². The molecule has 4 rings (SSSR count). The van der Waals surface area contributed by atoms with Crippen molar-refractivity contribution in [2.75, 3.05) is 6.54 Å². The highest BCUT2D eigenvalue weighted by Gasteiger charge is 2.76. The van der Waals surface area contributed by atoms with Gasteiger partial charge >= 0.3 is 0 Å². The molecule has 7 nitrogen and oxygen atoms in total. The summed E-state index contributed by atoms with van der Waals surface area (Å²) in [7, 11) is 0. The van der Waals surface area contributed by atoms with Gasteiger partial charge in [0.05, 0.1) is 17.4 Å². The van der Waals surface area contributed by atoms with Crippen molar-refractivity contribution in [3.05, 3.63) is 24.8 Å². The number of nitrogens with zero attached hydrogens (tertiary/aromatic N) is 1. The number of ether oxygens (including phenoxy) is 1. The molecule has 176 valence electrons. The normalized spacial score (nSPS) is 40.3. The van der Waals surface area contributed by atoms with Crippen molar-refractivity contribution in [3.8, 4) is 0 Å². The van der Waals surface area contributed by atoms with E-state index in [2.05, 4.69) is 24.1 Å². The van der Waals surface area contributed by atoms with Crippen molar-refractivity contribution < 1.29 is 19.1 Å². The molecule has 0 aromatic rings. The van der Waals surface area contributed by atoms with E-state index in [1.807, 2.05) is 39.8 Å². The first kappa shape index (κ1) is 23.0. The van der Waals surface area contributed by atoms with Gasteiger partial charge < -0.3 is 20.3 Å². The molecular weight excluding hydrogens is 406 g/mol. The van der Waals surface area contributed by atoms with E-state index in [1.54, 1.807) is 6.08 Å². The summed E-state index contributed by atoms with van der Waals surface area (Å²) in [4.78, 5) is 42.2. The fraction of sp³-hybridized carbons (Fsp3) is 0.720. The lowest BCUT2D eigenvalue weighted by molar-refractivity contribution is -0.145. The molecule has 7 atom stereocenters. The first-order valence-corrected chi connectivity index (χ1v) is 11.9. The summed E-state index contributed by atoms with van der Waals surface area (Å²) in [6.07, 6.45) is 9.67. The molecule has 1 spiro atoms. The summed E-state index contributed by atoms with van der Waals surface area (Å²) < 4.78 is 6.49. The van der Waals surface area contributed by atoms with Gasteiger partial charge in [-0.25, -0.2) is 0 Å². The van der Waals surface area contributed by atoms with Crippen molar-refractivity contribution in [3.63, 3.8) is 0 Å². The number of carbonyl (C=O) groups is 3. The fourth-order valence-electron chi connectivity index (χ4n) is 6.21. The first-order chi connectivity index (χ1) is 14.9. The summed E-state index contributed by atoms with van der Waals surface area (Å²) in [5.41, 5.74) is -2.53. The van der Waals surface area contributed by atoms with Crippen molar-refractivity contribution in [2.24, 2.45) is 17.8 Å². The van der Waals surface area contributed by atoms with E-state index in [-0.39, 0.29) is 30.3 Å². The van der Waals surface area contributed by atoms with Crippen LogP contribution in [0.2, 0.25) is 0 Å². The summed E-state index contributed by atoms with van der Waals surface area (Å²) >= 11 is 0. The van der Waals surface area contributed by atoms with E-state index in [9.17, 15) is 14.4 Å². The molecule has 0 unspecified atom stereocenters. The monoisotopic (exact) mass is 443 g/mol. The maximum absolute atomic E-state index is 13.7. The van der Waals surface area contributed by atoms with E-state index in [1.165, 1.54) is 11.3 Å². The number of hydrogen-bond donors (Lipinski definition) is 2. The topological polar surface area (TPSA) is 87.7 Å². The molecule has 3 amide bonds. The van der Waals surface area contributed by atoms with Crippen LogP contribution in [0.5, 0.6) is 0 Å². The van der Waals surface area contributed by atoms with Gasteiger partial charge in [-0.1, -0.05) is 38.0 Å². The maximum atomic E-state index is 13.7. The Hall–Kier alpha value is -2.15. The van der Waals surface area contributed by atoms with E-state index >= 15 is 0 Å². The third kappa shape index (κ3) is 3.49. The van der Waals surface area contributed by atoms with Gasteiger partial charge in [0, 0.05) is 18.1 Å². The van der Waals surface area contributed by atoms with Gasteiger partial charge in [0.25, 0.3) is 0 Å². The Morgan fingerprint density at radius 3 is 2.56 bits per heavy atom. The quantitative estimate of drug-likeness (QED) is 0.639. The fourth-order valence-corrected chi connectivity index (χ4v) is 6.21. The Kier molecular flexibility index (Phi) is 5.55. The average Bonchev–Trinajstić information content (AvgIpc) is 3.24. The summed E-state index contributed by atoms with van der Waals surface area (Å²) in [6.45, 7) is 13.7. The molecule has 1 aliphatic carbocycles. The number of likely N-dealkylation sites (tertiary alicyclic amines) is 1. The Morgan fingerprint density at radius 2 is 1.94 bits per heavy atom. The number of carbonyl (C=O) groups excluding carboxylic acids is 3. The van der Waals surface area contributed by atoms with E-state index in [4.69, 9.17) is 4.74 Å². The smallest absolute Gasteiger partial charge is 0.246 e. The van der Waals surface area contributed by atoms with E-state index in [0.717, 1.165) is 19.3 Å². The average molecular weight is 444 g/mol. The standard InChI is InChI=1S/C25H37N3O4/c1-7-14-28-19(21(30)27-23(3,4)5)25-13-12-24(6,32-25)17(18(25)22(28)31)20(29)26-16-11-9-8-10-15(16)2/h7,12-13,15-19H,1,8-11,14H2,2-6H3,(H,26,29)(H,27,30)/t15-,16+,17+,18-,19-,24+,25-/m1/s1. The Bertz CT molecular complexity index is 862. The van der Waals surface area contributed by atoms with Crippen LogP contribution in [-0.2, 0) is 19.1 Å². The van der Waals surface area contributed by atoms with E-state index < -0.39 is 34.6 Å². The van der Waals surface area contributed by atoms with Gasteiger partial charge in [-0.05, 0) is 46.5 Å². The molecule has 0 radical (unpaired) electrons. The van der Waals surface area contributed by atoms with Crippen LogP contribution < -0.4 is 10.6 Å².